The average Bonchev–Trinajstić information content (AvgIpc) is 2.60. The van der Waals surface area contributed by atoms with Crippen LogP contribution >= 0.6 is 0 Å². The summed E-state index contributed by atoms with van der Waals surface area (Å²) in [4.78, 5) is 26.5. The van der Waals surface area contributed by atoms with E-state index in [1.165, 1.54) is 0 Å². The lowest BCUT2D eigenvalue weighted by Crippen LogP contribution is -2.48. The second kappa shape index (κ2) is 8.52. The zero-order chi connectivity index (χ0) is 17.5. The first-order valence-electron chi connectivity index (χ1n) is 8.37. The molecule has 0 saturated carbocycles. The minimum atomic E-state index is -0.481. The number of hydrogen-bond donors (Lipinski definition) is 0. The molecule has 5 nitrogen and oxygen atoms in total. The van der Waals surface area contributed by atoms with E-state index in [1.807, 2.05) is 6.92 Å². The molecule has 24 heavy (non-hydrogen) atoms. The fraction of sp³-hybridized carbons (Fsp3) is 0.474. The molecule has 0 spiro atoms. The Labute approximate surface area is 143 Å². The van der Waals surface area contributed by atoms with Crippen LogP contribution < -0.4 is 4.74 Å². The highest BCUT2D eigenvalue weighted by Crippen LogP contribution is 2.22. The number of benzene rings is 1. The van der Waals surface area contributed by atoms with Crippen molar-refractivity contribution >= 4 is 11.9 Å². The summed E-state index contributed by atoms with van der Waals surface area (Å²) in [6, 6.07) is 6.50. The van der Waals surface area contributed by atoms with Crippen LogP contribution in [0.25, 0.3) is 0 Å². The molecule has 1 fully saturated rings. The van der Waals surface area contributed by atoms with Gasteiger partial charge in [0.15, 0.2) is 0 Å². The Morgan fingerprint density at radius 1 is 1.25 bits per heavy atom. The van der Waals surface area contributed by atoms with E-state index in [-0.39, 0.29) is 11.9 Å². The number of esters is 1. The number of amides is 1. The van der Waals surface area contributed by atoms with E-state index in [0.29, 0.717) is 37.5 Å². The summed E-state index contributed by atoms with van der Waals surface area (Å²) < 4.78 is 10.7. The summed E-state index contributed by atoms with van der Waals surface area (Å²) in [6.45, 7) is 8.81. The first kappa shape index (κ1) is 18.0. The third-order valence-corrected chi connectivity index (χ3v) is 3.91. The van der Waals surface area contributed by atoms with Crippen molar-refractivity contribution in [3.8, 4) is 5.75 Å². The molecule has 0 radical (unpaired) electrons. The molecule has 1 heterocycles. The molecule has 5 heteroatoms. The largest absolute Gasteiger partial charge is 0.489 e. The molecule has 1 atom stereocenters. The Bertz CT molecular complexity index is 594. The van der Waals surface area contributed by atoms with Crippen LogP contribution in [0.5, 0.6) is 5.75 Å². The normalized spacial score (nSPS) is 17.2. The molecule has 1 aliphatic heterocycles. The van der Waals surface area contributed by atoms with Gasteiger partial charge in [-0.15, -0.1) is 0 Å². The Morgan fingerprint density at radius 3 is 2.58 bits per heavy atom. The summed E-state index contributed by atoms with van der Waals surface area (Å²) in [7, 11) is 0. The molecule has 1 unspecified atom stereocenters. The minimum absolute atomic E-state index is 0.140. The fourth-order valence-corrected chi connectivity index (χ4v) is 2.72. The van der Waals surface area contributed by atoms with E-state index >= 15 is 0 Å². The predicted molar refractivity (Wildman–Crippen MR) is 92.1 cm³/mol. The van der Waals surface area contributed by atoms with Crippen molar-refractivity contribution in [2.45, 2.75) is 39.2 Å². The first-order valence-corrected chi connectivity index (χ1v) is 8.37. The molecular weight excluding hydrogens is 306 g/mol. The van der Waals surface area contributed by atoms with Crippen molar-refractivity contribution in [2.75, 3.05) is 19.8 Å². The lowest BCUT2D eigenvalue weighted by atomic mass is 10.0. The molecule has 0 N–H and O–H groups in total. The number of ether oxygens (including phenoxy) is 2. The summed E-state index contributed by atoms with van der Waals surface area (Å²) in [5.74, 6) is 0.237. The van der Waals surface area contributed by atoms with Gasteiger partial charge < -0.3 is 14.4 Å². The first-order chi connectivity index (χ1) is 11.5. The van der Waals surface area contributed by atoms with Gasteiger partial charge in [0.2, 0.25) is 0 Å². The van der Waals surface area contributed by atoms with Gasteiger partial charge in [0.1, 0.15) is 18.4 Å². The average molecular weight is 331 g/mol. The number of rotatable bonds is 6. The number of carbonyl (C=O) groups excluding carboxylic acids is 2. The Hall–Kier alpha value is -2.30. The Balaban J connectivity index is 2.08. The van der Waals surface area contributed by atoms with Gasteiger partial charge in [0.25, 0.3) is 5.91 Å². The number of likely N-dealkylation sites (tertiary alicyclic amines) is 1. The maximum atomic E-state index is 12.8. The standard InChI is InChI=1S/C19H25NO4/c1-4-23-19(22)17-7-5-6-12-20(17)18(21)15-8-10-16(11-9-15)24-13-14(2)3/h8-11,17H,2,4-7,12-13H2,1,3H3. The smallest absolute Gasteiger partial charge is 0.328 e. The third-order valence-electron chi connectivity index (χ3n) is 3.91. The van der Waals surface area contributed by atoms with Crippen LogP contribution in [0.2, 0.25) is 0 Å². The molecule has 2 rings (SSSR count). The van der Waals surface area contributed by atoms with Crippen molar-refractivity contribution < 1.29 is 19.1 Å². The lowest BCUT2D eigenvalue weighted by molar-refractivity contribution is -0.149. The highest BCUT2D eigenvalue weighted by molar-refractivity contribution is 5.97. The van der Waals surface area contributed by atoms with Crippen LogP contribution in [-0.4, -0.2) is 42.6 Å². The van der Waals surface area contributed by atoms with Gasteiger partial charge in [-0.25, -0.2) is 4.79 Å². The lowest BCUT2D eigenvalue weighted by Gasteiger charge is -2.34. The quantitative estimate of drug-likeness (QED) is 0.593. The molecule has 1 aliphatic rings. The van der Waals surface area contributed by atoms with Crippen LogP contribution in [0.4, 0.5) is 0 Å². The van der Waals surface area contributed by atoms with Crippen LogP contribution in [0.3, 0.4) is 0 Å². The topological polar surface area (TPSA) is 55.8 Å². The third kappa shape index (κ3) is 4.60. The van der Waals surface area contributed by atoms with E-state index in [2.05, 4.69) is 6.58 Å². The zero-order valence-corrected chi connectivity index (χ0v) is 14.4. The van der Waals surface area contributed by atoms with E-state index in [9.17, 15) is 9.59 Å². The summed E-state index contributed by atoms with van der Waals surface area (Å²) in [5, 5.41) is 0. The minimum Gasteiger partial charge on any atom is -0.489 e. The second-order valence-corrected chi connectivity index (χ2v) is 6.03. The van der Waals surface area contributed by atoms with Crippen molar-refractivity contribution in [3.05, 3.63) is 42.0 Å². The van der Waals surface area contributed by atoms with Crippen molar-refractivity contribution in [3.63, 3.8) is 0 Å². The van der Waals surface area contributed by atoms with Crippen molar-refractivity contribution in [2.24, 2.45) is 0 Å². The van der Waals surface area contributed by atoms with Gasteiger partial charge in [-0.1, -0.05) is 6.58 Å². The number of piperidine rings is 1. The van der Waals surface area contributed by atoms with E-state index in [1.54, 1.807) is 36.1 Å². The van der Waals surface area contributed by atoms with Gasteiger partial charge in [-0.3, -0.25) is 4.79 Å². The maximum Gasteiger partial charge on any atom is 0.328 e. The summed E-state index contributed by atoms with van der Waals surface area (Å²) in [6.07, 6.45) is 2.49. The van der Waals surface area contributed by atoms with Crippen LogP contribution in [0.1, 0.15) is 43.5 Å². The van der Waals surface area contributed by atoms with Gasteiger partial charge in [0, 0.05) is 12.1 Å². The van der Waals surface area contributed by atoms with Crippen molar-refractivity contribution in [1.82, 2.24) is 4.90 Å². The van der Waals surface area contributed by atoms with Crippen LogP contribution in [0.15, 0.2) is 36.4 Å². The van der Waals surface area contributed by atoms with Gasteiger partial charge in [-0.05, 0) is 62.9 Å². The van der Waals surface area contributed by atoms with Gasteiger partial charge in [-0.2, -0.15) is 0 Å². The Kier molecular flexibility index (Phi) is 6.41. The molecule has 1 aromatic rings. The zero-order valence-electron chi connectivity index (χ0n) is 14.4. The highest BCUT2D eigenvalue weighted by atomic mass is 16.5. The molecule has 1 aromatic carbocycles. The molecule has 0 aromatic heterocycles. The molecular formula is C19H25NO4. The molecule has 130 valence electrons. The van der Waals surface area contributed by atoms with Gasteiger partial charge in [0.05, 0.1) is 6.61 Å². The van der Waals surface area contributed by atoms with E-state index in [4.69, 9.17) is 9.47 Å². The SMILES string of the molecule is C=C(C)COc1ccc(C(=O)N2CCCCC2C(=O)OCC)cc1. The highest BCUT2D eigenvalue weighted by Gasteiger charge is 2.33. The molecule has 1 amide bonds. The predicted octanol–water partition coefficient (Wildman–Crippen LogP) is 3.20. The van der Waals surface area contributed by atoms with Crippen LogP contribution in [-0.2, 0) is 9.53 Å². The Morgan fingerprint density at radius 2 is 1.96 bits per heavy atom. The van der Waals surface area contributed by atoms with Crippen molar-refractivity contribution in [1.29, 1.82) is 0 Å². The summed E-state index contributed by atoms with van der Waals surface area (Å²) >= 11 is 0. The fourth-order valence-electron chi connectivity index (χ4n) is 2.72. The summed E-state index contributed by atoms with van der Waals surface area (Å²) in [5.41, 5.74) is 1.48. The monoisotopic (exact) mass is 331 g/mol. The van der Waals surface area contributed by atoms with E-state index in [0.717, 1.165) is 18.4 Å². The number of hydrogen-bond acceptors (Lipinski definition) is 4. The number of carbonyl (C=O) groups is 2. The number of nitrogens with zero attached hydrogens (tertiary/aromatic N) is 1. The van der Waals surface area contributed by atoms with Crippen LogP contribution in [0, 0.1) is 0 Å². The molecule has 0 bridgehead atoms. The van der Waals surface area contributed by atoms with E-state index < -0.39 is 6.04 Å². The molecule has 1 saturated heterocycles. The molecule has 0 aliphatic carbocycles. The maximum absolute atomic E-state index is 12.8. The second-order valence-electron chi connectivity index (χ2n) is 6.03. The van der Waals surface area contributed by atoms with Gasteiger partial charge >= 0.3 is 5.97 Å².